The van der Waals surface area contributed by atoms with Gasteiger partial charge in [-0.1, -0.05) is 17.1 Å². The fraction of sp³-hybridized carbons (Fsp3) is 0.267. The molecule has 2 unspecified atom stereocenters. The van der Waals surface area contributed by atoms with Crippen LogP contribution >= 0.6 is 0 Å². The molecule has 1 aromatic carbocycles. The molecule has 1 aliphatic rings. The van der Waals surface area contributed by atoms with Crippen LogP contribution in [0.25, 0.3) is 0 Å². The topological polar surface area (TPSA) is 139 Å². The number of nitro groups is 1. The molecule has 10 heteroatoms. The van der Waals surface area contributed by atoms with Crippen LogP contribution in [0.2, 0.25) is 0 Å². The van der Waals surface area contributed by atoms with Gasteiger partial charge in [0.2, 0.25) is 0 Å². The largest absolute Gasteiger partial charge is 0.434 e. The minimum Gasteiger partial charge on any atom is -0.390 e. The van der Waals surface area contributed by atoms with E-state index in [-0.39, 0.29) is 17.7 Å². The average Bonchev–Trinajstić information content (AvgIpc) is 3.14. The van der Waals surface area contributed by atoms with Crippen molar-refractivity contribution in [3.8, 4) is 0 Å². The summed E-state index contributed by atoms with van der Waals surface area (Å²) < 4.78 is 1.07. The summed E-state index contributed by atoms with van der Waals surface area (Å²) in [6.07, 6.45) is -0.418. The van der Waals surface area contributed by atoms with Crippen molar-refractivity contribution in [2.24, 2.45) is 0 Å². The molecule has 0 saturated carbocycles. The van der Waals surface area contributed by atoms with Gasteiger partial charge in [-0.15, -0.1) is 0 Å². The fourth-order valence-electron chi connectivity index (χ4n) is 2.65. The minimum absolute atomic E-state index is 0.236. The number of imide groups is 1. The van der Waals surface area contributed by atoms with E-state index < -0.39 is 41.4 Å². The van der Waals surface area contributed by atoms with Gasteiger partial charge < -0.3 is 20.3 Å². The summed E-state index contributed by atoms with van der Waals surface area (Å²) in [4.78, 5) is 38.9. The van der Waals surface area contributed by atoms with Crippen molar-refractivity contribution >= 4 is 17.8 Å². The molecule has 2 N–H and O–H groups in total. The zero-order valence-corrected chi connectivity index (χ0v) is 12.8. The number of aliphatic hydroxyl groups is 2. The van der Waals surface area contributed by atoms with Gasteiger partial charge >= 0.3 is 5.95 Å². The van der Waals surface area contributed by atoms with Gasteiger partial charge in [0.15, 0.2) is 0 Å². The number of nitrogens with zero attached hydrogens (tertiary/aromatic N) is 4. The lowest BCUT2D eigenvalue weighted by atomic mass is 10.1. The van der Waals surface area contributed by atoms with Crippen molar-refractivity contribution in [3.63, 3.8) is 0 Å². The number of amides is 2. The van der Waals surface area contributed by atoms with Gasteiger partial charge in [0.1, 0.15) is 31.1 Å². The summed E-state index contributed by atoms with van der Waals surface area (Å²) in [5.74, 6) is -1.59. The van der Waals surface area contributed by atoms with Crippen molar-refractivity contribution < 1.29 is 24.7 Å². The number of rotatable bonds is 6. The summed E-state index contributed by atoms with van der Waals surface area (Å²) in [5.41, 5.74) is 0.471. The Labute approximate surface area is 141 Å². The van der Waals surface area contributed by atoms with Crippen LogP contribution in [0.1, 0.15) is 20.7 Å². The molecule has 0 aliphatic carbocycles. The highest BCUT2D eigenvalue weighted by Gasteiger charge is 2.37. The second-order valence-electron chi connectivity index (χ2n) is 5.54. The highest BCUT2D eigenvalue weighted by Crippen LogP contribution is 2.23. The van der Waals surface area contributed by atoms with Gasteiger partial charge in [0.05, 0.1) is 17.7 Å². The molecular weight excluding hydrogens is 332 g/mol. The average molecular weight is 346 g/mol. The maximum absolute atomic E-state index is 12.2. The van der Waals surface area contributed by atoms with Crippen LogP contribution in [0.4, 0.5) is 5.95 Å². The summed E-state index contributed by atoms with van der Waals surface area (Å²) in [6.45, 7) is -0.726. The lowest BCUT2D eigenvalue weighted by molar-refractivity contribution is -0.397. The van der Waals surface area contributed by atoms with Crippen LogP contribution in [-0.2, 0) is 6.54 Å². The Morgan fingerprint density at radius 1 is 1.08 bits per heavy atom. The van der Waals surface area contributed by atoms with Gasteiger partial charge in [0.25, 0.3) is 11.8 Å². The smallest absolute Gasteiger partial charge is 0.390 e. The van der Waals surface area contributed by atoms with Crippen LogP contribution in [0.15, 0.2) is 36.7 Å². The molecule has 2 amide bonds. The number of carbonyl (C=O) groups is 2. The maximum atomic E-state index is 12.2. The van der Waals surface area contributed by atoms with Crippen LogP contribution in [-0.4, -0.2) is 60.2 Å². The Hall–Kier alpha value is -3.11. The molecule has 1 aromatic heterocycles. The molecule has 0 saturated heterocycles. The Balaban J connectivity index is 1.69. The van der Waals surface area contributed by atoms with E-state index in [0.717, 1.165) is 9.47 Å². The molecule has 25 heavy (non-hydrogen) atoms. The number of fused-ring (bicyclic) bond motifs is 1. The van der Waals surface area contributed by atoms with Crippen LogP contribution < -0.4 is 0 Å². The Morgan fingerprint density at radius 2 is 1.64 bits per heavy atom. The first-order chi connectivity index (χ1) is 11.9. The fourth-order valence-corrected chi connectivity index (χ4v) is 2.65. The zero-order chi connectivity index (χ0) is 18.1. The molecule has 0 radical (unpaired) electrons. The van der Waals surface area contributed by atoms with E-state index >= 15 is 0 Å². The summed E-state index contributed by atoms with van der Waals surface area (Å²) in [7, 11) is 0. The van der Waals surface area contributed by atoms with Crippen LogP contribution in [0.3, 0.4) is 0 Å². The summed E-state index contributed by atoms with van der Waals surface area (Å²) in [5, 5.41) is 31.0. The van der Waals surface area contributed by atoms with E-state index in [9.17, 15) is 29.9 Å². The van der Waals surface area contributed by atoms with Crippen molar-refractivity contribution in [2.45, 2.75) is 18.8 Å². The molecule has 130 valence electrons. The molecule has 1 aliphatic heterocycles. The molecule has 10 nitrogen and oxygen atoms in total. The molecule has 0 bridgehead atoms. The third-order valence-corrected chi connectivity index (χ3v) is 3.93. The number of imidazole rings is 1. The van der Waals surface area contributed by atoms with E-state index in [1.54, 1.807) is 12.1 Å². The highest BCUT2D eigenvalue weighted by molar-refractivity contribution is 6.21. The number of hydrogen-bond acceptors (Lipinski definition) is 7. The molecule has 2 atom stereocenters. The number of aliphatic hydroxyl groups excluding tert-OH is 2. The van der Waals surface area contributed by atoms with Crippen LogP contribution in [0.5, 0.6) is 0 Å². The second kappa shape index (κ2) is 6.42. The van der Waals surface area contributed by atoms with Crippen molar-refractivity contribution in [1.82, 2.24) is 14.5 Å². The molecule has 2 aromatic rings. The quantitative estimate of drug-likeness (QED) is 0.420. The monoisotopic (exact) mass is 346 g/mol. The third kappa shape index (κ3) is 2.99. The molecule has 3 rings (SSSR count). The van der Waals surface area contributed by atoms with Gasteiger partial charge in [-0.05, 0) is 17.1 Å². The van der Waals surface area contributed by atoms with E-state index in [1.807, 2.05) is 0 Å². The first-order valence-corrected chi connectivity index (χ1v) is 7.37. The Bertz CT molecular complexity index is 813. The lowest BCUT2D eigenvalue weighted by Gasteiger charge is -2.22. The van der Waals surface area contributed by atoms with Crippen molar-refractivity contribution in [1.29, 1.82) is 0 Å². The number of benzene rings is 1. The van der Waals surface area contributed by atoms with E-state index in [1.165, 1.54) is 24.5 Å². The number of aromatic nitrogens is 2. The normalized spacial score (nSPS) is 16.0. The predicted molar refractivity (Wildman–Crippen MR) is 82.7 cm³/mol. The SMILES string of the molecule is O=C1c2ccccc2C(=O)N1CC(O)C(O)Cn1ccnc1[N+](=O)[O-]. The Kier molecular flexibility index (Phi) is 4.30. The summed E-state index contributed by atoms with van der Waals surface area (Å²) >= 11 is 0. The van der Waals surface area contributed by atoms with E-state index in [0.29, 0.717) is 0 Å². The second-order valence-corrected chi connectivity index (χ2v) is 5.54. The van der Waals surface area contributed by atoms with Crippen LogP contribution in [0, 0.1) is 10.1 Å². The van der Waals surface area contributed by atoms with Gasteiger partial charge in [-0.3, -0.25) is 14.5 Å². The first kappa shape index (κ1) is 16.7. The molecule has 2 heterocycles. The standard InChI is InChI=1S/C15H14N4O6/c20-11(7-17-6-5-16-15(17)19(24)25)12(21)8-18-13(22)9-3-1-2-4-10(9)14(18)23/h1-6,11-12,20-21H,7-8H2. The lowest BCUT2D eigenvalue weighted by Crippen LogP contribution is -2.43. The van der Waals surface area contributed by atoms with Gasteiger partial charge in [-0.25, -0.2) is 4.57 Å². The Morgan fingerprint density at radius 3 is 2.20 bits per heavy atom. The maximum Gasteiger partial charge on any atom is 0.434 e. The molecular formula is C15H14N4O6. The van der Waals surface area contributed by atoms with E-state index in [4.69, 9.17) is 0 Å². The number of hydrogen-bond donors (Lipinski definition) is 2. The molecule has 0 spiro atoms. The minimum atomic E-state index is -1.47. The zero-order valence-electron chi connectivity index (χ0n) is 12.8. The predicted octanol–water partition coefficient (Wildman–Crippen LogP) is -0.191. The summed E-state index contributed by atoms with van der Waals surface area (Å²) in [6, 6.07) is 6.26. The van der Waals surface area contributed by atoms with Gasteiger partial charge in [-0.2, -0.15) is 0 Å². The number of carbonyl (C=O) groups excluding carboxylic acids is 2. The third-order valence-electron chi connectivity index (χ3n) is 3.93. The first-order valence-electron chi connectivity index (χ1n) is 7.37. The van der Waals surface area contributed by atoms with Crippen molar-refractivity contribution in [3.05, 3.63) is 57.9 Å². The van der Waals surface area contributed by atoms with Gasteiger partial charge in [0, 0.05) is 0 Å². The number of β-amino-alcohol motifs (C(OH)–C–C–N with tert-alkyl or cyclic N) is 1. The van der Waals surface area contributed by atoms with E-state index in [2.05, 4.69) is 4.98 Å². The molecule has 0 fully saturated rings. The highest BCUT2D eigenvalue weighted by atomic mass is 16.6. The van der Waals surface area contributed by atoms with Crippen molar-refractivity contribution in [2.75, 3.05) is 6.54 Å².